The van der Waals surface area contributed by atoms with Gasteiger partial charge in [0.05, 0.1) is 12.2 Å². The van der Waals surface area contributed by atoms with Crippen molar-refractivity contribution in [2.24, 2.45) is 0 Å². The number of nitrogens with one attached hydrogen (secondary N) is 1. The van der Waals surface area contributed by atoms with Crippen LogP contribution in [0.15, 0.2) is 30.3 Å². The number of fused-ring (bicyclic) bond motifs is 1. The predicted octanol–water partition coefficient (Wildman–Crippen LogP) is 4.76. The highest BCUT2D eigenvalue weighted by molar-refractivity contribution is 7.17. The number of rotatable bonds is 5. The van der Waals surface area contributed by atoms with Crippen molar-refractivity contribution in [3.8, 4) is 0 Å². The lowest BCUT2D eigenvalue weighted by molar-refractivity contribution is -0.115. The van der Waals surface area contributed by atoms with Crippen LogP contribution in [-0.2, 0) is 22.4 Å². The van der Waals surface area contributed by atoms with Gasteiger partial charge < -0.3 is 10.1 Å². The number of thiophene rings is 1. The molecule has 0 unspecified atom stereocenters. The molecule has 1 N–H and O–H groups in total. The summed E-state index contributed by atoms with van der Waals surface area (Å²) in [7, 11) is 0. The quantitative estimate of drug-likeness (QED) is 0.590. The summed E-state index contributed by atoms with van der Waals surface area (Å²) in [6, 6.07) is 10.4. The van der Waals surface area contributed by atoms with Crippen molar-refractivity contribution in [2.75, 3.05) is 11.9 Å². The highest BCUT2D eigenvalue weighted by Crippen LogP contribution is 2.42. The summed E-state index contributed by atoms with van der Waals surface area (Å²) in [5.74, 6) is -0.260. The third-order valence-electron chi connectivity index (χ3n) is 4.61. The van der Waals surface area contributed by atoms with Gasteiger partial charge in [0.15, 0.2) is 0 Å². The van der Waals surface area contributed by atoms with Crippen molar-refractivity contribution < 1.29 is 14.3 Å². The minimum absolute atomic E-state index is 0.301. The monoisotopic (exact) mass is 391 g/mol. The fourth-order valence-corrected chi connectivity index (χ4v) is 4.69. The number of carbonyl (C=O) groups excluding carboxylic acids is 2. The van der Waals surface area contributed by atoms with Crippen molar-refractivity contribution in [1.29, 1.82) is 0 Å². The number of esters is 1. The molecule has 6 heteroatoms. The van der Waals surface area contributed by atoms with Gasteiger partial charge in [0.1, 0.15) is 10.4 Å². The molecule has 1 aliphatic carbocycles. The number of benzene rings is 1. The van der Waals surface area contributed by atoms with E-state index in [1.807, 2.05) is 6.07 Å². The molecule has 138 valence electrons. The fraction of sp³-hybridized carbons (Fsp3) is 0.400. The molecule has 1 amide bonds. The van der Waals surface area contributed by atoms with Crippen molar-refractivity contribution in [3.05, 3.63) is 51.9 Å². The van der Waals surface area contributed by atoms with E-state index in [9.17, 15) is 9.59 Å². The van der Waals surface area contributed by atoms with Crippen molar-refractivity contribution in [1.82, 2.24) is 0 Å². The Balaban J connectivity index is 1.93. The topological polar surface area (TPSA) is 55.4 Å². The molecule has 3 rings (SSSR count). The molecule has 1 aliphatic rings. The molecule has 0 spiro atoms. The van der Waals surface area contributed by atoms with Gasteiger partial charge in [-0.3, -0.25) is 4.79 Å². The van der Waals surface area contributed by atoms with Gasteiger partial charge in [-0.25, -0.2) is 4.79 Å². The van der Waals surface area contributed by atoms with Crippen molar-refractivity contribution in [3.63, 3.8) is 0 Å². The first-order chi connectivity index (χ1) is 12.5. The number of amides is 1. The average Bonchev–Trinajstić information content (AvgIpc) is 2.99. The zero-order chi connectivity index (χ0) is 18.7. The van der Waals surface area contributed by atoms with Gasteiger partial charge in [-0.1, -0.05) is 30.3 Å². The largest absolute Gasteiger partial charge is 0.462 e. The molecule has 1 aromatic carbocycles. The summed E-state index contributed by atoms with van der Waals surface area (Å²) in [6.07, 6.45) is 2.63. The van der Waals surface area contributed by atoms with E-state index in [2.05, 4.69) is 29.6 Å². The van der Waals surface area contributed by atoms with Gasteiger partial charge in [-0.05, 0) is 50.2 Å². The Bertz CT molecular complexity index is 801. The van der Waals surface area contributed by atoms with E-state index in [1.54, 1.807) is 13.8 Å². The number of hydrogen-bond acceptors (Lipinski definition) is 4. The molecule has 1 heterocycles. The van der Waals surface area contributed by atoms with Crippen LogP contribution >= 0.6 is 22.9 Å². The first kappa shape index (κ1) is 18.9. The maximum Gasteiger partial charge on any atom is 0.341 e. The maximum atomic E-state index is 12.5. The van der Waals surface area contributed by atoms with Crippen LogP contribution in [0.25, 0.3) is 0 Å². The van der Waals surface area contributed by atoms with Crippen molar-refractivity contribution in [2.45, 2.75) is 44.4 Å². The molecule has 1 aromatic heterocycles. The van der Waals surface area contributed by atoms with Gasteiger partial charge in [-0.15, -0.1) is 22.9 Å². The lowest BCUT2D eigenvalue weighted by Crippen LogP contribution is -2.21. The molecule has 0 fully saturated rings. The number of ether oxygens (including phenoxy) is 1. The molecule has 4 nitrogen and oxygen atoms in total. The fourth-order valence-electron chi connectivity index (χ4n) is 3.31. The zero-order valence-electron chi connectivity index (χ0n) is 14.9. The minimum atomic E-state index is -0.666. The predicted molar refractivity (Wildman–Crippen MR) is 105 cm³/mol. The average molecular weight is 392 g/mol. The van der Waals surface area contributed by atoms with Gasteiger partial charge >= 0.3 is 5.97 Å². The molecule has 2 atom stereocenters. The molecule has 2 aromatic rings. The van der Waals surface area contributed by atoms with Gasteiger partial charge in [0.25, 0.3) is 0 Å². The van der Waals surface area contributed by atoms with E-state index in [0.29, 0.717) is 23.1 Å². The number of anilines is 1. The SMILES string of the molecule is CCOC(=O)c1c(NC(=O)[C@H](C)Cl)sc2c1CC[C@H](c1ccccc1)C2. The lowest BCUT2D eigenvalue weighted by Gasteiger charge is -2.23. The summed E-state index contributed by atoms with van der Waals surface area (Å²) in [6.45, 7) is 3.69. The number of alkyl halides is 1. The number of hydrogen-bond donors (Lipinski definition) is 1. The molecule has 0 radical (unpaired) electrons. The van der Waals surface area contributed by atoms with Crippen LogP contribution in [0.4, 0.5) is 5.00 Å². The normalized spacial score (nSPS) is 17.3. The first-order valence-corrected chi connectivity index (χ1v) is 10.1. The highest BCUT2D eigenvalue weighted by atomic mass is 35.5. The zero-order valence-corrected chi connectivity index (χ0v) is 16.5. The molecule has 0 aliphatic heterocycles. The summed E-state index contributed by atoms with van der Waals surface area (Å²) in [5.41, 5.74) is 2.83. The summed E-state index contributed by atoms with van der Waals surface area (Å²) >= 11 is 7.35. The Morgan fingerprint density at radius 1 is 1.35 bits per heavy atom. The minimum Gasteiger partial charge on any atom is -0.462 e. The third kappa shape index (κ3) is 3.94. The molecule has 26 heavy (non-hydrogen) atoms. The van der Waals surface area contributed by atoms with Crippen LogP contribution in [0.1, 0.15) is 52.5 Å². The van der Waals surface area contributed by atoms with Crippen LogP contribution < -0.4 is 5.32 Å². The Morgan fingerprint density at radius 3 is 2.73 bits per heavy atom. The van der Waals surface area contributed by atoms with Crippen LogP contribution in [0, 0.1) is 0 Å². The van der Waals surface area contributed by atoms with E-state index < -0.39 is 5.38 Å². The second kappa shape index (κ2) is 8.23. The molecule has 0 bridgehead atoms. The van der Waals surface area contributed by atoms with Gasteiger partial charge in [-0.2, -0.15) is 0 Å². The van der Waals surface area contributed by atoms with Gasteiger partial charge in [0.2, 0.25) is 5.91 Å². The van der Waals surface area contributed by atoms with E-state index in [-0.39, 0.29) is 11.9 Å². The second-order valence-corrected chi connectivity index (χ2v) is 8.14. The van der Waals surface area contributed by atoms with Crippen LogP contribution in [0.2, 0.25) is 0 Å². The molecular weight excluding hydrogens is 370 g/mol. The van der Waals surface area contributed by atoms with Crippen LogP contribution in [-0.4, -0.2) is 23.9 Å². The smallest absolute Gasteiger partial charge is 0.341 e. The molecule has 0 saturated carbocycles. The van der Waals surface area contributed by atoms with E-state index in [1.165, 1.54) is 16.9 Å². The van der Waals surface area contributed by atoms with Gasteiger partial charge in [0, 0.05) is 4.88 Å². The third-order valence-corrected chi connectivity index (χ3v) is 5.98. The lowest BCUT2D eigenvalue weighted by atomic mass is 9.83. The number of carbonyl (C=O) groups is 2. The summed E-state index contributed by atoms with van der Waals surface area (Å²) in [4.78, 5) is 25.7. The van der Waals surface area contributed by atoms with E-state index in [0.717, 1.165) is 29.7 Å². The molecule has 0 saturated heterocycles. The second-order valence-electron chi connectivity index (χ2n) is 6.38. The Labute approximate surface area is 162 Å². The first-order valence-electron chi connectivity index (χ1n) is 8.82. The molecular formula is C20H22ClNO3S. The maximum absolute atomic E-state index is 12.5. The Morgan fingerprint density at radius 2 is 2.08 bits per heavy atom. The standard InChI is InChI=1S/C20H22ClNO3S/c1-3-25-20(24)17-15-10-9-14(13-7-5-4-6-8-13)11-16(15)26-19(17)22-18(23)12(2)21/h4-8,12,14H,3,9-11H2,1-2H3,(H,22,23)/t12-,14-/m0/s1. The number of halogens is 1. The van der Waals surface area contributed by atoms with E-state index >= 15 is 0 Å². The Kier molecular flexibility index (Phi) is 5.99. The summed E-state index contributed by atoms with van der Waals surface area (Å²) in [5, 5.41) is 2.70. The van der Waals surface area contributed by atoms with E-state index in [4.69, 9.17) is 16.3 Å². The highest BCUT2D eigenvalue weighted by Gasteiger charge is 2.31. The van der Waals surface area contributed by atoms with Crippen LogP contribution in [0.5, 0.6) is 0 Å². The van der Waals surface area contributed by atoms with Crippen LogP contribution in [0.3, 0.4) is 0 Å². The van der Waals surface area contributed by atoms with Crippen molar-refractivity contribution >= 4 is 39.8 Å². The Hall–Kier alpha value is -1.85. The summed E-state index contributed by atoms with van der Waals surface area (Å²) < 4.78 is 5.23.